The first-order valence-corrected chi connectivity index (χ1v) is 11.5. The van der Waals surface area contributed by atoms with Crippen molar-refractivity contribution in [3.63, 3.8) is 0 Å². The van der Waals surface area contributed by atoms with Gasteiger partial charge >= 0.3 is 0 Å². The van der Waals surface area contributed by atoms with Crippen molar-refractivity contribution < 1.29 is 9.53 Å². The van der Waals surface area contributed by atoms with Gasteiger partial charge in [-0.1, -0.05) is 48.2 Å². The number of hydrogen-bond donors (Lipinski definition) is 1. The molecule has 0 aliphatic rings. The molecule has 0 fully saturated rings. The summed E-state index contributed by atoms with van der Waals surface area (Å²) in [5.74, 6) is 1.37. The van der Waals surface area contributed by atoms with Gasteiger partial charge in [-0.05, 0) is 67.9 Å². The van der Waals surface area contributed by atoms with E-state index in [0.717, 1.165) is 27.9 Å². The summed E-state index contributed by atoms with van der Waals surface area (Å²) in [6.45, 7) is 3.93. The van der Waals surface area contributed by atoms with Gasteiger partial charge in [-0.2, -0.15) is 0 Å². The second-order valence-electron chi connectivity index (χ2n) is 7.71. The Kier molecular flexibility index (Phi) is 5.71. The minimum Gasteiger partial charge on any atom is -0.457 e. The highest BCUT2D eigenvalue weighted by Gasteiger charge is 2.19. The van der Waals surface area contributed by atoms with Gasteiger partial charge in [0.1, 0.15) is 11.5 Å². The summed E-state index contributed by atoms with van der Waals surface area (Å²) in [7, 11) is 0. The Morgan fingerprint density at radius 1 is 0.939 bits per heavy atom. The number of anilines is 1. The van der Waals surface area contributed by atoms with Crippen molar-refractivity contribution in [3.05, 3.63) is 90.5 Å². The number of nitrogens with zero attached hydrogens (tertiary/aromatic N) is 3. The molecule has 0 bridgehead atoms. The molecule has 5 aromatic rings. The van der Waals surface area contributed by atoms with Crippen LogP contribution in [0.15, 0.2) is 90.1 Å². The Labute approximate surface area is 195 Å². The molecular formula is C26H22N4O2S. The van der Waals surface area contributed by atoms with Gasteiger partial charge in [0.05, 0.1) is 10.8 Å². The third-order valence-electron chi connectivity index (χ3n) is 5.33. The summed E-state index contributed by atoms with van der Waals surface area (Å²) in [6.07, 6.45) is 0. The number of thioether (sulfide) groups is 1. The number of amides is 1. The van der Waals surface area contributed by atoms with Crippen LogP contribution in [0.1, 0.15) is 12.5 Å². The number of aromatic nitrogens is 3. The number of carbonyl (C=O) groups excluding carboxylic acids is 1. The minimum atomic E-state index is -0.363. The fourth-order valence-corrected chi connectivity index (χ4v) is 4.50. The summed E-state index contributed by atoms with van der Waals surface area (Å²) in [5, 5.41) is 13.1. The summed E-state index contributed by atoms with van der Waals surface area (Å²) >= 11 is 1.39. The zero-order chi connectivity index (χ0) is 22.8. The fraction of sp³-hybridized carbons (Fsp3) is 0.115. The highest BCUT2D eigenvalue weighted by molar-refractivity contribution is 8.00. The van der Waals surface area contributed by atoms with E-state index in [-0.39, 0.29) is 11.2 Å². The molecule has 3 aromatic carbocycles. The van der Waals surface area contributed by atoms with Crippen LogP contribution >= 0.6 is 11.8 Å². The van der Waals surface area contributed by atoms with Gasteiger partial charge in [0.25, 0.3) is 0 Å². The maximum Gasteiger partial charge on any atom is 0.237 e. The van der Waals surface area contributed by atoms with Gasteiger partial charge in [-0.25, -0.2) is 0 Å². The van der Waals surface area contributed by atoms with E-state index in [1.165, 1.54) is 11.8 Å². The Hall–Kier alpha value is -3.84. The highest BCUT2D eigenvalue weighted by atomic mass is 32.2. The van der Waals surface area contributed by atoms with Crippen molar-refractivity contribution in [2.75, 3.05) is 5.32 Å². The molecule has 2 aromatic heterocycles. The van der Waals surface area contributed by atoms with Crippen LogP contribution in [0.2, 0.25) is 0 Å². The smallest absolute Gasteiger partial charge is 0.237 e. The molecule has 33 heavy (non-hydrogen) atoms. The van der Waals surface area contributed by atoms with E-state index in [1.807, 2.05) is 90.2 Å². The van der Waals surface area contributed by atoms with Crippen LogP contribution in [-0.4, -0.2) is 25.8 Å². The van der Waals surface area contributed by atoms with Crippen molar-refractivity contribution in [2.24, 2.45) is 0 Å². The molecule has 7 heteroatoms. The standard InChI is InChI=1S/C26H22N4O2S/c1-17-16-24-28-29-26(30(24)23-11-7-6-10-22(17)23)33-18(2)25(31)27-19-12-14-21(15-13-19)32-20-8-4-3-5-9-20/h3-16,18H,1-2H3,(H,27,31). The SMILES string of the molecule is Cc1cc2nnc(SC(C)C(=O)Nc3ccc(Oc4ccccc4)cc3)n2c2ccccc12. The van der Waals surface area contributed by atoms with Crippen LogP contribution in [-0.2, 0) is 4.79 Å². The molecule has 0 aliphatic carbocycles. The first kappa shape index (κ1) is 21.0. The highest BCUT2D eigenvalue weighted by Crippen LogP contribution is 2.29. The predicted octanol–water partition coefficient (Wildman–Crippen LogP) is 6.10. The lowest BCUT2D eigenvalue weighted by Gasteiger charge is -2.13. The zero-order valence-corrected chi connectivity index (χ0v) is 19.0. The number of aryl methyl sites for hydroxylation is 1. The second-order valence-corrected chi connectivity index (χ2v) is 9.02. The largest absolute Gasteiger partial charge is 0.457 e. The van der Waals surface area contributed by atoms with Crippen LogP contribution in [0, 0.1) is 6.92 Å². The van der Waals surface area contributed by atoms with E-state index >= 15 is 0 Å². The normalized spacial score (nSPS) is 12.1. The van der Waals surface area contributed by atoms with Gasteiger partial charge in [0.2, 0.25) is 5.91 Å². The molecule has 1 amide bonds. The molecule has 5 rings (SSSR count). The van der Waals surface area contributed by atoms with Crippen molar-refractivity contribution in [3.8, 4) is 11.5 Å². The average molecular weight is 455 g/mol. The van der Waals surface area contributed by atoms with E-state index in [4.69, 9.17) is 4.74 Å². The van der Waals surface area contributed by atoms with Gasteiger partial charge < -0.3 is 10.1 Å². The lowest BCUT2D eigenvalue weighted by Crippen LogP contribution is -2.22. The number of benzene rings is 3. The van der Waals surface area contributed by atoms with E-state index in [1.54, 1.807) is 0 Å². The van der Waals surface area contributed by atoms with E-state index in [9.17, 15) is 4.79 Å². The number of rotatable bonds is 6. The third-order valence-corrected chi connectivity index (χ3v) is 6.37. The number of pyridine rings is 1. The number of carbonyl (C=O) groups is 1. The van der Waals surface area contributed by atoms with E-state index < -0.39 is 0 Å². The zero-order valence-electron chi connectivity index (χ0n) is 18.2. The molecule has 1 N–H and O–H groups in total. The van der Waals surface area contributed by atoms with Crippen LogP contribution in [0.5, 0.6) is 11.5 Å². The fourth-order valence-electron chi connectivity index (χ4n) is 3.64. The quantitative estimate of drug-likeness (QED) is 0.314. The molecular weight excluding hydrogens is 432 g/mol. The number of nitrogens with one attached hydrogen (secondary N) is 1. The lowest BCUT2D eigenvalue weighted by atomic mass is 10.1. The molecule has 1 atom stereocenters. The van der Waals surface area contributed by atoms with Crippen LogP contribution in [0.4, 0.5) is 5.69 Å². The molecule has 2 heterocycles. The Balaban J connectivity index is 1.29. The summed E-state index contributed by atoms with van der Waals surface area (Å²) in [4.78, 5) is 12.8. The van der Waals surface area contributed by atoms with Gasteiger partial charge in [0, 0.05) is 11.1 Å². The monoisotopic (exact) mass is 454 g/mol. The van der Waals surface area contributed by atoms with Crippen molar-refractivity contribution in [2.45, 2.75) is 24.3 Å². The topological polar surface area (TPSA) is 68.5 Å². The number of fused-ring (bicyclic) bond motifs is 3. The van der Waals surface area contributed by atoms with Crippen LogP contribution < -0.4 is 10.1 Å². The number of ether oxygens (including phenoxy) is 1. The van der Waals surface area contributed by atoms with Gasteiger partial charge in [0.15, 0.2) is 10.8 Å². The molecule has 0 saturated carbocycles. The second kappa shape index (κ2) is 8.96. The molecule has 6 nitrogen and oxygen atoms in total. The number of hydrogen-bond acceptors (Lipinski definition) is 5. The van der Waals surface area contributed by atoms with E-state index in [2.05, 4.69) is 28.5 Å². The van der Waals surface area contributed by atoms with Crippen molar-refractivity contribution >= 4 is 39.9 Å². The van der Waals surface area contributed by atoms with Gasteiger partial charge in [-0.3, -0.25) is 9.20 Å². The van der Waals surface area contributed by atoms with Crippen molar-refractivity contribution in [1.82, 2.24) is 14.6 Å². The molecule has 0 spiro atoms. The maximum atomic E-state index is 12.8. The summed E-state index contributed by atoms with van der Waals surface area (Å²) in [6, 6.07) is 27.1. The Morgan fingerprint density at radius 3 is 2.42 bits per heavy atom. The molecule has 1 unspecified atom stereocenters. The molecule has 0 saturated heterocycles. The molecule has 0 radical (unpaired) electrons. The van der Waals surface area contributed by atoms with Crippen molar-refractivity contribution in [1.29, 1.82) is 0 Å². The lowest BCUT2D eigenvalue weighted by molar-refractivity contribution is -0.115. The minimum absolute atomic E-state index is 0.107. The first-order chi connectivity index (χ1) is 16.1. The van der Waals surface area contributed by atoms with Crippen LogP contribution in [0.3, 0.4) is 0 Å². The summed E-state index contributed by atoms with van der Waals surface area (Å²) in [5.41, 5.74) is 3.66. The average Bonchev–Trinajstić information content (AvgIpc) is 3.23. The molecule has 0 aliphatic heterocycles. The van der Waals surface area contributed by atoms with E-state index in [0.29, 0.717) is 16.6 Å². The third kappa shape index (κ3) is 4.40. The predicted molar refractivity (Wildman–Crippen MR) is 132 cm³/mol. The Morgan fingerprint density at radius 2 is 1.64 bits per heavy atom. The molecule has 164 valence electrons. The first-order valence-electron chi connectivity index (χ1n) is 10.6. The maximum absolute atomic E-state index is 12.8. The van der Waals surface area contributed by atoms with Gasteiger partial charge in [-0.15, -0.1) is 10.2 Å². The Bertz CT molecular complexity index is 1430. The summed E-state index contributed by atoms with van der Waals surface area (Å²) < 4.78 is 7.81. The van der Waals surface area contributed by atoms with Crippen LogP contribution in [0.25, 0.3) is 16.6 Å². The number of para-hydroxylation sites is 2.